The van der Waals surface area contributed by atoms with Crippen molar-refractivity contribution in [2.75, 3.05) is 0 Å². The summed E-state index contributed by atoms with van der Waals surface area (Å²) < 4.78 is 63.7. The zero-order valence-corrected chi connectivity index (χ0v) is 12.4. The molecule has 0 fully saturated rings. The Kier molecular flexibility index (Phi) is 3.64. The smallest absolute Gasteiger partial charge is 0.103 e. The zero-order chi connectivity index (χ0) is 16.5. The molecule has 0 bridgehead atoms. The van der Waals surface area contributed by atoms with Crippen LogP contribution in [0.3, 0.4) is 0 Å². The lowest BCUT2D eigenvalue weighted by Crippen LogP contribution is -2.07. The Morgan fingerprint density at radius 1 is 0.818 bits per heavy atom. The van der Waals surface area contributed by atoms with Gasteiger partial charge in [0.05, 0.1) is 0 Å². The maximum atomic E-state index is 12.7. The molecule has 0 N–H and O–H groups in total. The van der Waals surface area contributed by atoms with E-state index in [0.29, 0.717) is 24.1 Å². The second-order valence-electron chi connectivity index (χ2n) is 5.03. The van der Waals surface area contributed by atoms with Crippen molar-refractivity contribution in [3.05, 3.63) is 78.4 Å². The molecule has 0 aromatic heterocycles. The molecule has 0 radical (unpaired) electrons. The number of hydrogen-bond donors (Lipinski definition) is 0. The number of rotatable bonds is 5. The van der Waals surface area contributed by atoms with Gasteiger partial charge in [0.1, 0.15) is 4.90 Å². The van der Waals surface area contributed by atoms with E-state index < -0.39 is 15.1 Å². The van der Waals surface area contributed by atoms with Gasteiger partial charge in [-0.1, -0.05) is 68.0 Å². The summed E-state index contributed by atoms with van der Waals surface area (Å²) in [6.45, 7) is 3.64. The minimum atomic E-state index is -9.62. The first-order chi connectivity index (χ1) is 10.0. The van der Waals surface area contributed by atoms with Crippen LogP contribution in [0.2, 0.25) is 0 Å². The average molecular weight is 334 g/mol. The van der Waals surface area contributed by atoms with E-state index in [1.807, 2.05) is 30.3 Å². The van der Waals surface area contributed by atoms with E-state index in [-0.39, 0.29) is 5.92 Å². The molecule has 2 rings (SSSR count). The lowest BCUT2D eigenvalue weighted by atomic mass is 9.89. The third kappa shape index (κ3) is 3.88. The first kappa shape index (κ1) is 16.5. The molecule has 6 heteroatoms. The standard InChI is InChI=1S/C16H15F5S/c1-2-6-16(13-7-4-3-5-8-13)14-9-11-15(12-10-14)22(17,18,19,20)21/h2-5,7-12,16H,1,6H2. The minimum Gasteiger partial charge on any atom is -0.103 e. The highest BCUT2D eigenvalue weighted by atomic mass is 32.5. The quantitative estimate of drug-likeness (QED) is 0.406. The predicted octanol–water partition coefficient (Wildman–Crippen LogP) is 7.05. The van der Waals surface area contributed by atoms with Gasteiger partial charge in [-0.2, -0.15) is 0 Å². The highest BCUT2D eigenvalue weighted by Gasteiger charge is 2.65. The Labute approximate surface area is 126 Å². The zero-order valence-electron chi connectivity index (χ0n) is 11.6. The van der Waals surface area contributed by atoms with Gasteiger partial charge in [0, 0.05) is 5.92 Å². The summed E-state index contributed by atoms with van der Waals surface area (Å²) in [5.41, 5.74) is 1.43. The molecule has 0 aliphatic rings. The summed E-state index contributed by atoms with van der Waals surface area (Å²) in [7, 11) is -9.62. The first-order valence-corrected chi connectivity index (χ1v) is 8.46. The molecule has 120 valence electrons. The molecule has 2 aromatic carbocycles. The van der Waals surface area contributed by atoms with Crippen LogP contribution in [0, 0.1) is 0 Å². The van der Waals surface area contributed by atoms with Crippen molar-refractivity contribution in [2.24, 2.45) is 0 Å². The predicted molar refractivity (Wildman–Crippen MR) is 80.9 cm³/mol. The van der Waals surface area contributed by atoms with Gasteiger partial charge >= 0.3 is 10.2 Å². The van der Waals surface area contributed by atoms with Crippen molar-refractivity contribution in [2.45, 2.75) is 17.2 Å². The van der Waals surface area contributed by atoms with Crippen molar-refractivity contribution in [1.29, 1.82) is 0 Å². The number of halogens is 5. The Bertz CT molecular complexity index is 659. The second-order valence-corrected chi connectivity index (χ2v) is 7.43. The fourth-order valence-corrected chi connectivity index (χ4v) is 2.92. The van der Waals surface area contributed by atoms with E-state index in [1.165, 1.54) is 0 Å². The number of hydrogen-bond acceptors (Lipinski definition) is 0. The Hall–Kier alpha value is -1.82. The van der Waals surface area contributed by atoms with Crippen molar-refractivity contribution in [3.63, 3.8) is 0 Å². The van der Waals surface area contributed by atoms with Gasteiger partial charge in [0.2, 0.25) is 0 Å². The average Bonchev–Trinajstić information content (AvgIpc) is 2.43. The summed E-state index contributed by atoms with van der Waals surface area (Å²) in [6.07, 6.45) is 2.15. The van der Waals surface area contributed by atoms with Crippen LogP contribution < -0.4 is 0 Å². The van der Waals surface area contributed by atoms with Crippen molar-refractivity contribution < 1.29 is 19.4 Å². The van der Waals surface area contributed by atoms with E-state index in [9.17, 15) is 19.4 Å². The minimum absolute atomic E-state index is 0.216. The van der Waals surface area contributed by atoms with Crippen LogP contribution in [0.15, 0.2) is 72.1 Å². The molecule has 0 aliphatic carbocycles. The number of allylic oxidation sites excluding steroid dienone is 1. The van der Waals surface area contributed by atoms with Gasteiger partial charge in [-0.15, -0.1) is 6.58 Å². The van der Waals surface area contributed by atoms with Crippen molar-refractivity contribution in [1.82, 2.24) is 0 Å². The Morgan fingerprint density at radius 3 is 1.77 bits per heavy atom. The summed E-state index contributed by atoms with van der Waals surface area (Å²) >= 11 is 0. The highest BCUT2D eigenvalue weighted by Crippen LogP contribution is 3.02. The van der Waals surface area contributed by atoms with E-state index in [1.54, 1.807) is 6.08 Å². The fraction of sp³-hybridized carbons (Fsp3) is 0.125. The highest BCUT2D eigenvalue weighted by molar-refractivity contribution is 8.45. The fourth-order valence-electron chi connectivity index (χ4n) is 2.27. The molecule has 1 atom stereocenters. The SMILES string of the molecule is C=CCC(c1ccccc1)c1ccc(S(F)(F)(F)(F)F)cc1. The molecule has 0 nitrogen and oxygen atoms in total. The van der Waals surface area contributed by atoms with Crippen LogP contribution in [-0.4, -0.2) is 0 Å². The van der Waals surface area contributed by atoms with Gasteiger partial charge in [-0.3, -0.25) is 0 Å². The molecule has 0 aliphatic heterocycles. The van der Waals surface area contributed by atoms with Crippen molar-refractivity contribution >= 4 is 10.2 Å². The third-order valence-corrected chi connectivity index (χ3v) is 4.50. The first-order valence-electron chi connectivity index (χ1n) is 6.51. The van der Waals surface area contributed by atoms with Crippen LogP contribution in [0.4, 0.5) is 19.4 Å². The molecule has 0 saturated heterocycles. The van der Waals surface area contributed by atoms with Gasteiger partial charge < -0.3 is 0 Å². The summed E-state index contributed by atoms with van der Waals surface area (Å²) in [5, 5.41) is 0. The van der Waals surface area contributed by atoms with E-state index in [0.717, 1.165) is 17.7 Å². The summed E-state index contributed by atoms with van der Waals surface area (Å²) in [4.78, 5) is -1.87. The molecule has 0 spiro atoms. The summed E-state index contributed by atoms with van der Waals surface area (Å²) in [5.74, 6) is -0.216. The summed E-state index contributed by atoms with van der Waals surface area (Å²) in [6, 6.07) is 12.3. The van der Waals surface area contributed by atoms with Crippen LogP contribution in [0.25, 0.3) is 0 Å². The van der Waals surface area contributed by atoms with E-state index in [2.05, 4.69) is 6.58 Å². The van der Waals surface area contributed by atoms with Gasteiger partial charge in [0.15, 0.2) is 0 Å². The van der Waals surface area contributed by atoms with Crippen LogP contribution in [0.1, 0.15) is 23.5 Å². The van der Waals surface area contributed by atoms with Gasteiger partial charge in [-0.25, -0.2) is 0 Å². The third-order valence-electron chi connectivity index (χ3n) is 3.33. The lowest BCUT2D eigenvalue weighted by molar-refractivity contribution is 0.364. The molecular weight excluding hydrogens is 319 g/mol. The Balaban J connectivity index is 2.42. The van der Waals surface area contributed by atoms with Crippen LogP contribution >= 0.6 is 10.2 Å². The molecule has 0 amide bonds. The lowest BCUT2D eigenvalue weighted by Gasteiger charge is -2.40. The van der Waals surface area contributed by atoms with Crippen LogP contribution in [0.5, 0.6) is 0 Å². The van der Waals surface area contributed by atoms with Gasteiger partial charge in [-0.05, 0) is 29.7 Å². The van der Waals surface area contributed by atoms with Crippen LogP contribution in [-0.2, 0) is 0 Å². The second kappa shape index (κ2) is 4.84. The maximum absolute atomic E-state index is 12.7. The van der Waals surface area contributed by atoms with Crippen molar-refractivity contribution in [3.8, 4) is 0 Å². The Morgan fingerprint density at radius 2 is 1.32 bits per heavy atom. The molecule has 1 unspecified atom stereocenters. The molecule has 2 aromatic rings. The largest absolute Gasteiger partial charge is 0.310 e. The molecule has 0 heterocycles. The maximum Gasteiger partial charge on any atom is 0.310 e. The topological polar surface area (TPSA) is 0 Å². The van der Waals surface area contributed by atoms with E-state index in [4.69, 9.17) is 0 Å². The monoisotopic (exact) mass is 334 g/mol. The molecule has 0 saturated carbocycles. The molecule has 22 heavy (non-hydrogen) atoms. The number of benzene rings is 2. The van der Waals surface area contributed by atoms with E-state index >= 15 is 0 Å². The normalized spacial score (nSPS) is 16.4. The van der Waals surface area contributed by atoms with Gasteiger partial charge in [0.25, 0.3) is 0 Å². The molecular formula is C16H15F5S.